The number of amides is 1. The molecule has 1 fully saturated rings. The molecule has 0 bridgehead atoms. The van der Waals surface area contributed by atoms with E-state index in [9.17, 15) is 9.59 Å². The summed E-state index contributed by atoms with van der Waals surface area (Å²) >= 11 is 3.34. The number of carboxylic acids is 1. The highest BCUT2D eigenvalue weighted by molar-refractivity contribution is 7.99. The lowest BCUT2D eigenvalue weighted by atomic mass is 10.2. The number of ether oxygens (including phenoxy) is 1. The van der Waals surface area contributed by atoms with Crippen LogP contribution in [0.4, 0.5) is 0 Å². The van der Waals surface area contributed by atoms with Crippen LogP contribution in [-0.2, 0) is 9.59 Å². The van der Waals surface area contributed by atoms with Gasteiger partial charge in [0.05, 0.1) is 19.6 Å². The van der Waals surface area contributed by atoms with E-state index in [0.29, 0.717) is 24.5 Å². The molecule has 0 aromatic heterocycles. The number of hydrogen-bond acceptors (Lipinski definition) is 5. The first-order valence-electron chi connectivity index (χ1n) is 7.46. The molecule has 1 aliphatic rings. The maximum absolute atomic E-state index is 12.4. The molecule has 7 heteroatoms. The first-order chi connectivity index (χ1) is 11.1. The van der Waals surface area contributed by atoms with Crippen molar-refractivity contribution in [2.24, 2.45) is 0 Å². The van der Waals surface area contributed by atoms with Gasteiger partial charge in [0.15, 0.2) is 0 Å². The fourth-order valence-electron chi connectivity index (χ4n) is 2.43. The maximum atomic E-state index is 12.4. The molecule has 5 nitrogen and oxygen atoms in total. The van der Waals surface area contributed by atoms with Crippen LogP contribution in [0.1, 0.15) is 12.8 Å². The van der Waals surface area contributed by atoms with Gasteiger partial charge >= 0.3 is 5.97 Å². The van der Waals surface area contributed by atoms with Crippen molar-refractivity contribution < 1.29 is 19.4 Å². The fraction of sp³-hybridized carbons (Fsp3) is 0.500. The van der Waals surface area contributed by atoms with Crippen molar-refractivity contribution in [1.29, 1.82) is 0 Å². The van der Waals surface area contributed by atoms with Gasteiger partial charge in [0.1, 0.15) is 5.75 Å². The number of carbonyl (C=O) groups is 2. The Labute approximate surface area is 144 Å². The zero-order chi connectivity index (χ0) is 16.7. The Bertz CT molecular complexity index is 535. The second-order valence-electron chi connectivity index (χ2n) is 5.19. The number of hydrogen-bond donors (Lipinski definition) is 1. The van der Waals surface area contributed by atoms with Gasteiger partial charge in [0, 0.05) is 35.1 Å². The number of nitrogens with zero attached hydrogens (tertiary/aromatic N) is 1. The van der Waals surface area contributed by atoms with Crippen molar-refractivity contribution in [1.82, 2.24) is 4.90 Å². The predicted molar refractivity (Wildman–Crippen MR) is 93.4 cm³/mol. The van der Waals surface area contributed by atoms with E-state index >= 15 is 0 Å². The van der Waals surface area contributed by atoms with Gasteiger partial charge in [-0.25, -0.2) is 0 Å². The average molecular weight is 355 g/mol. The summed E-state index contributed by atoms with van der Waals surface area (Å²) < 4.78 is 5.11. The van der Waals surface area contributed by atoms with Crippen LogP contribution in [-0.4, -0.2) is 58.8 Å². The Hall–Kier alpha value is -1.34. The van der Waals surface area contributed by atoms with E-state index in [1.54, 1.807) is 35.5 Å². The molecule has 0 radical (unpaired) electrons. The van der Waals surface area contributed by atoms with Crippen LogP contribution in [0.5, 0.6) is 5.75 Å². The van der Waals surface area contributed by atoms with E-state index in [1.165, 1.54) is 0 Å². The number of thioether (sulfide) groups is 2. The molecule has 0 aliphatic carbocycles. The topological polar surface area (TPSA) is 66.8 Å². The highest BCUT2D eigenvalue weighted by Crippen LogP contribution is 2.24. The Balaban J connectivity index is 1.81. The third-order valence-corrected chi connectivity index (χ3v) is 5.71. The number of methoxy groups -OCH3 is 1. The Morgan fingerprint density at radius 2 is 2.13 bits per heavy atom. The van der Waals surface area contributed by atoms with Gasteiger partial charge < -0.3 is 14.7 Å². The molecule has 0 saturated carbocycles. The molecule has 23 heavy (non-hydrogen) atoms. The minimum absolute atomic E-state index is 0.0321. The number of aliphatic carboxylic acids is 1. The molecule has 2 rings (SSSR count). The molecule has 1 heterocycles. The first kappa shape index (κ1) is 18.0. The van der Waals surface area contributed by atoms with Crippen LogP contribution in [0.15, 0.2) is 29.2 Å². The van der Waals surface area contributed by atoms with Gasteiger partial charge in [-0.15, -0.1) is 11.8 Å². The third-order valence-electron chi connectivity index (χ3n) is 3.60. The number of rotatable bonds is 7. The molecule has 1 amide bonds. The van der Waals surface area contributed by atoms with Crippen molar-refractivity contribution in [2.45, 2.75) is 23.8 Å². The van der Waals surface area contributed by atoms with E-state index < -0.39 is 5.97 Å². The minimum Gasteiger partial charge on any atom is -0.497 e. The number of benzene rings is 1. The Kier molecular flexibility index (Phi) is 7.11. The van der Waals surface area contributed by atoms with Crippen LogP contribution >= 0.6 is 23.5 Å². The summed E-state index contributed by atoms with van der Waals surface area (Å²) in [5, 5.41) is 8.97. The molecule has 1 aromatic carbocycles. The van der Waals surface area contributed by atoms with Crippen LogP contribution in [0.3, 0.4) is 0 Å². The van der Waals surface area contributed by atoms with E-state index in [-0.39, 0.29) is 18.4 Å². The number of carboxylic acid groups (broad SMARTS) is 1. The lowest BCUT2D eigenvalue weighted by Crippen LogP contribution is -2.47. The number of carbonyl (C=O) groups excluding carboxylic acids is 1. The normalized spacial score (nSPS) is 17.8. The van der Waals surface area contributed by atoms with Gasteiger partial charge in [-0.1, -0.05) is 0 Å². The molecule has 126 valence electrons. The van der Waals surface area contributed by atoms with Crippen LogP contribution in [0.2, 0.25) is 0 Å². The molecule has 1 N–H and O–H groups in total. The largest absolute Gasteiger partial charge is 0.497 e. The van der Waals surface area contributed by atoms with E-state index in [2.05, 4.69) is 0 Å². The fourth-order valence-corrected chi connectivity index (χ4v) is 4.33. The van der Waals surface area contributed by atoms with Crippen molar-refractivity contribution >= 4 is 35.4 Å². The summed E-state index contributed by atoms with van der Waals surface area (Å²) in [5.41, 5.74) is 0. The third kappa shape index (κ3) is 5.66. The minimum atomic E-state index is -0.845. The molecule has 1 aromatic rings. The summed E-state index contributed by atoms with van der Waals surface area (Å²) in [6.45, 7) is 0.647. The monoisotopic (exact) mass is 355 g/mol. The SMILES string of the molecule is COc1ccc(SCCC(=O)N2CCSCC2CC(=O)O)cc1. The highest BCUT2D eigenvalue weighted by atomic mass is 32.2. The smallest absolute Gasteiger partial charge is 0.305 e. The second kappa shape index (κ2) is 9.08. The van der Waals surface area contributed by atoms with E-state index in [1.807, 2.05) is 24.3 Å². The molecule has 1 aliphatic heterocycles. The average Bonchev–Trinajstić information content (AvgIpc) is 2.55. The lowest BCUT2D eigenvalue weighted by molar-refractivity contribution is -0.140. The quantitative estimate of drug-likeness (QED) is 0.759. The summed E-state index contributed by atoms with van der Waals surface area (Å²) in [6.07, 6.45) is 0.460. The molecule has 1 saturated heterocycles. The Morgan fingerprint density at radius 3 is 2.78 bits per heavy atom. The van der Waals surface area contributed by atoms with Crippen molar-refractivity contribution in [3.8, 4) is 5.75 Å². The van der Waals surface area contributed by atoms with Gasteiger partial charge in [0.25, 0.3) is 0 Å². The molecule has 1 atom stereocenters. The van der Waals surface area contributed by atoms with Gasteiger partial charge in [-0.2, -0.15) is 11.8 Å². The van der Waals surface area contributed by atoms with Crippen LogP contribution in [0.25, 0.3) is 0 Å². The van der Waals surface area contributed by atoms with Crippen LogP contribution < -0.4 is 4.74 Å². The van der Waals surface area contributed by atoms with Crippen molar-refractivity contribution in [3.05, 3.63) is 24.3 Å². The van der Waals surface area contributed by atoms with E-state index in [4.69, 9.17) is 9.84 Å². The first-order valence-corrected chi connectivity index (χ1v) is 9.60. The standard InChI is InChI=1S/C16H21NO4S2/c1-21-13-2-4-14(5-3-13)23-8-6-15(18)17-7-9-22-11-12(17)10-16(19)20/h2-5,12H,6-11H2,1H3,(H,19,20). The highest BCUT2D eigenvalue weighted by Gasteiger charge is 2.28. The Morgan fingerprint density at radius 1 is 1.39 bits per heavy atom. The van der Waals surface area contributed by atoms with E-state index in [0.717, 1.165) is 16.4 Å². The molecular weight excluding hydrogens is 334 g/mol. The zero-order valence-electron chi connectivity index (χ0n) is 13.1. The molecule has 1 unspecified atom stereocenters. The maximum Gasteiger partial charge on any atom is 0.305 e. The van der Waals surface area contributed by atoms with Crippen LogP contribution in [0, 0.1) is 0 Å². The summed E-state index contributed by atoms with van der Waals surface area (Å²) in [6, 6.07) is 7.56. The van der Waals surface area contributed by atoms with Crippen molar-refractivity contribution in [2.75, 3.05) is 30.9 Å². The van der Waals surface area contributed by atoms with Crippen molar-refractivity contribution in [3.63, 3.8) is 0 Å². The lowest BCUT2D eigenvalue weighted by Gasteiger charge is -2.34. The zero-order valence-corrected chi connectivity index (χ0v) is 14.7. The predicted octanol–water partition coefficient (Wildman–Crippen LogP) is 2.60. The van der Waals surface area contributed by atoms with Gasteiger partial charge in [-0.05, 0) is 24.3 Å². The summed E-state index contributed by atoms with van der Waals surface area (Å²) in [5.74, 6) is 2.30. The molecular formula is C16H21NO4S2. The second-order valence-corrected chi connectivity index (χ2v) is 7.51. The molecule has 0 spiro atoms. The summed E-state index contributed by atoms with van der Waals surface area (Å²) in [7, 11) is 1.63. The summed E-state index contributed by atoms with van der Waals surface area (Å²) in [4.78, 5) is 26.1. The van der Waals surface area contributed by atoms with Gasteiger partial charge in [0.2, 0.25) is 5.91 Å². The van der Waals surface area contributed by atoms with Gasteiger partial charge in [-0.3, -0.25) is 9.59 Å².